The second-order valence-electron chi connectivity index (χ2n) is 3.63. The van der Waals surface area contributed by atoms with E-state index in [0.29, 0.717) is 10.1 Å². The normalized spacial score (nSPS) is 10.5. The molecule has 5 nitrogen and oxygen atoms in total. The maximum Gasteiger partial charge on any atom is 0.263 e. The molecule has 1 aromatic heterocycles. The predicted molar refractivity (Wildman–Crippen MR) is 67.7 cm³/mol. The number of thiophene rings is 1. The summed E-state index contributed by atoms with van der Waals surface area (Å²) < 4.78 is 13.8. The van der Waals surface area contributed by atoms with Gasteiger partial charge in [-0.3, -0.25) is 9.59 Å². The highest BCUT2D eigenvalue weighted by Gasteiger charge is 2.16. The first kappa shape index (κ1) is 12.3. The Morgan fingerprint density at radius 3 is 2.78 bits per heavy atom. The Morgan fingerprint density at radius 2 is 2.11 bits per heavy atom. The van der Waals surface area contributed by atoms with E-state index in [0.717, 1.165) is 11.3 Å². The fraction of sp³-hybridized carbons (Fsp3) is 0.0909. The lowest BCUT2D eigenvalue weighted by Gasteiger charge is -2.00. The van der Waals surface area contributed by atoms with E-state index in [2.05, 4.69) is 5.32 Å². The second-order valence-corrected chi connectivity index (χ2v) is 4.69. The number of hydrogen-bond acceptors (Lipinski definition) is 4. The van der Waals surface area contributed by atoms with Gasteiger partial charge in [-0.05, 0) is 18.2 Å². The van der Waals surface area contributed by atoms with Gasteiger partial charge in [0.05, 0.1) is 12.2 Å². The number of hydrogen-bond donors (Lipinski definition) is 3. The Hall–Kier alpha value is -2.15. The molecule has 2 rings (SSSR count). The number of carbonyl (C=O) groups is 2. The van der Waals surface area contributed by atoms with E-state index in [-0.39, 0.29) is 17.1 Å². The molecular formula is C11H10FN3O2S. The molecule has 0 bridgehead atoms. The zero-order valence-electron chi connectivity index (χ0n) is 9.20. The van der Waals surface area contributed by atoms with Crippen LogP contribution in [-0.2, 0) is 4.79 Å². The molecule has 0 spiro atoms. The molecule has 1 heterocycles. The number of primary amides is 1. The third-order valence-electron chi connectivity index (χ3n) is 2.32. The van der Waals surface area contributed by atoms with E-state index in [1.54, 1.807) is 6.07 Å². The van der Waals surface area contributed by atoms with Gasteiger partial charge in [0.25, 0.3) is 5.91 Å². The monoisotopic (exact) mass is 267 g/mol. The third-order valence-corrected chi connectivity index (χ3v) is 3.50. The van der Waals surface area contributed by atoms with Crippen LogP contribution in [0.15, 0.2) is 18.2 Å². The zero-order valence-corrected chi connectivity index (χ0v) is 10.0. The van der Waals surface area contributed by atoms with Gasteiger partial charge in [-0.2, -0.15) is 0 Å². The standard InChI is InChI=1S/C11H10FN3O2S/c12-5-1-2-7-6(3-5)9(14)10(18-7)11(17)15-4-8(13)16/h1-3H,4,14H2,(H2,13,16)(H,15,17). The Kier molecular flexibility index (Phi) is 3.15. The van der Waals surface area contributed by atoms with Crippen molar-refractivity contribution in [3.05, 3.63) is 28.9 Å². The van der Waals surface area contributed by atoms with E-state index in [1.165, 1.54) is 12.1 Å². The summed E-state index contributed by atoms with van der Waals surface area (Å²) in [5, 5.41) is 2.83. The van der Waals surface area contributed by atoms with Crippen molar-refractivity contribution in [2.45, 2.75) is 0 Å². The van der Waals surface area contributed by atoms with Crippen molar-refractivity contribution >= 4 is 38.9 Å². The van der Waals surface area contributed by atoms with Crippen LogP contribution in [0.1, 0.15) is 9.67 Å². The molecule has 0 atom stereocenters. The third kappa shape index (κ3) is 2.25. The fourth-order valence-electron chi connectivity index (χ4n) is 1.51. The molecule has 0 aliphatic carbocycles. The minimum atomic E-state index is -0.644. The summed E-state index contributed by atoms with van der Waals surface area (Å²) in [6, 6.07) is 4.12. The van der Waals surface area contributed by atoms with E-state index in [9.17, 15) is 14.0 Å². The SMILES string of the molecule is NC(=O)CNC(=O)c1sc2ccc(F)cc2c1N. The first-order valence-electron chi connectivity index (χ1n) is 5.03. The summed E-state index contributed by atoms with van der Waals surface area (Å²) in [5.74, 6) is -1.56. The topological polar surface area (TPSA) is 98.2 Å². The number of rotatable bonds is 3. The largest absolute Gasteiger partial charge is 0.397 e. The summed E-state index contributed by atoms with van der Waals surface area (Å²) in [5.41, 5.74) is 10.9. The second kappa shape index (κ2) is 4.61. The van der Waals surface area contributed by atoms with Gasteiger partial charge in [0.15, 0.2) is 0 Å². The maximum absolute atomic E-state index is 13.1. The van der Waals surface area contributed by atoms with Crippen LogP contribution in [0.5, 0.6) is 0 Å². The van der Waals surface area contributed by atoms with Crippen molar-refractivity contribution in [2.75, 3.05) is 12.3 Å². The van der Waals surface area contributed by atoms with Crippen molar-refractivity contribution in [3.8, 4) is 0 Å². The molecule has 0 fully saturated rings. The van der Waals surface area contributed by atoms with Crippen LogP contribution in [0, 0.1) is 5.82 Å². The summed E-state index contributed by atoms with van der Waals surface area (Å²) in [7, 11) is 0. The molecule has 94 valence electrons. The average molecular weight is 267 g/mol. The van der Waals surface area contributed by atoms with Crippen molar-refractivity contribution in [3.63, 3.8) is 0 Å². The minimum Gasteiger partial charge on any atom is -0.397 e. The number of halogens is 1. The number of nitrogens with one attached hydrogen (secondary N) is 1. The molecule has 7 heteroatoms. The van der Waals surface area contributed by atoms with Crippen LogP contribution in [0.2, 0.25) is 0 Å². The van der Waals surface area contributed by atoms with E-state index >= 15 is 0 Å². The Morgan fingerprint density at radius 1 is 1.39 bits per heavy atom. The number of nitrogens with two attached hydrogens (primary N) is 2. The quantitative estimate of drug-likeness (QED) is 0.768. The molecule has 0 saturated carbocycles. The highest BCUT2D eigenvalue weighted by Crippen LogP contribution is 2.33. The molecule has 2 amide bonds. The lowest BCUT2D eigenvalue weighted by Crippen LogP contribution is -2.33. The van der Waals surface area contributed by atoms with Gasteiger partial charge in [-0.15, -0.1) is 11.3 Å². The van der Waals surface area contributed by atoms with Gasteiger partial charge in [-0.25, -0.2) is 4.39 Å². The number of nitrogen functional groups attached to an aromatic ring is 1. The van der Waals surface area contributed by atoms with Crippen molar-refractivity contribution in [2.24, 2.45) is 5.73 Å². The molecule has 5 N–H and O–H groups in total. The molecule has 0 radical (unpaired) electrons. The molecule has 0 saturated heterocycles. The number of carbonyl (C=O) groups excluding carboxylic acids is 2. The summed E-state index contributed by atoms with van der Waals surface area (Å²) in [6.45, 7) is -0.263. The lowest BCUT2D eigenvalue weighted by molar-refractivity contribution is -0.117. The van der Waals surface area contributed by atoms with Gasteiger partial charge in [-0.1, -0.05) is 0 Å². The van der Waals surface area contributed by atoms with Gasteiger partial charge in [0, 0.05) is 10.1 Å². The molecule has 0 aliphatic rings. The van der Waals surface area contributed by atoms with Crippen molar-refractivity contribution < 1.29 is 14.0 Å². The van der Waals surface area contributed by atoms with Crippen LogP contribution in [0.4, 0.5) is 10.1 Å². The summed E-state index contributed by atoms with van der Waals surface area (Å²) in [4.78, 5) is 22.6. The fourth-order valence-corrected chi connectivity index (χ4v) is 2.52. The average Bonchev–Trinajstić information content (AvgIpc) is 2.64. The van der Waals surface area contributed by atoms with Crippen LogP contribution >= 0.6 is 11.3 Å². The highest BCUT2D eigenvalue weighted by atomic mass is 32.1. The minimum absolute atomic E-state index is 0.205. The van der Waals surface area contributed by atoms with E-state index in [4.69, 9.17) is 11.5 Å². The first-order chi connectivity index (χ1) is 8.49. The molecule has 0 aliphatic heterocycles. The first-order valence-corrected chi connectivity index (χ1v) is 5.84. The smallest absolute Gasteiger partial charge is 0.263 e. The number of anilines is 1. The van der Waals surface area contributed by atoms with Gasteiger partial charge >= 0.3 is 0 Å². The molecule has 2 aromatic rings. The van der Waals surface area contributed by atoms with Gasteiger partial charge in [0.2, 0.25) is 5.91 Å². The zero-order chi connectivity index (χ0) is 13.3. The van der Waals surface area contributed by atoms with Crippen molar-refractivity contribution in [1.29, 1.82) is 0 Å². The Labute approximate surface area is 106 Å². The maximum atomic E-state index is 13.1. The number of benzene rings is 1. The molecule has 18 heavy (non-hydrogen) atoms. The lowest BCUT2D eigenvalue weighted by atomic mass is 10.2. The summed E-state index contributed by atoms with van der Waals surface area (Å²) in [6.07, 6.45) is 0. The number of fused-ring (bicyclic) bond motifs is 1. The number of amides is 2. The Bertz CT molecular complexity index is 638. The summed E-state index contributed by atoms with van der Waals surface area (Å²) >= 11 is 1.14. The van der Waals surface area contributed by atoms with E-state index < -0.39 is 17.6 Å². The van der Waals surface area contributed by atoms with Crippen LogP contribution in [-0.4, -0.2) is 18.4 Å². The van der Waals surface area contributed by atoms with Crippen molar-refractivity contribution in [1.82, 2.24) is 5.32 Å². The van der Waals surface area contributed by atoms with Crippen LogP contribution in [0.25, 0.3) is 10.1 Å². The highest BCUT2D eigenvalue weighted by molar-refractivity contribution is 7.21. The molecule has 1 aromatic carbocycles. The van der Waals surface area contributed by atoms with Crippen LogP contribution < -0.4 is 16.8 Å². The molecular weight excluding hydrogens is 257 g/mol. The molecule has 0 unspecified atom stereocenters. The van der Waals surface area contributed by atoms with Gasteiger partial charge in [0.1, 0.15) is 10.7 Å². The predicted octanol–water partition coefficient (Wildman–Crippen LogP) is 0.838. The van der Waals surface area contributed by atoms with E-state index in [1.807, 2.05) is 0 Å². The van der Waals surface area contributed by atoms with Gasteiger partial charge < -0.3 is 16.8 Å². The van der Waals surface area contributed by atoms with Crippen LogP contribution in [0.3, 0.4) is 0 Å². The Balaban J connectivity index is 2.36.